The maximum atomic E-state index is 12.6. The van der Waals surface area contributed by atoms with E-state index in [0.29, 0.717) is 35.1 Å². The van der Waals surface area contributed by atoms with Gasteiger partial charge in [0.05, 0.1) is 13.1 Å². The van der Waals surface area contributed by atoms with Gasteiger partial charge >= 0.3 is 24.1 Å². The summed E-state index contributed by atoms with van der Waals surface area (Å²) < 4.78 is 21.5. The van der Waals surface area contributed by atoms with Crippen molar-refractivity contribution in [1.29, 1.82) is 0 Å². The topological polar surface area (TPSA) is 129 Å². The van der Waals surface area contributed by atoms with Crippen LogP contribution in [0.3, 0.4) is 0 Å². The fourth-order valence-electron chi connectivity index (χ4n) is 3.94. The van der Waals surface area contributed by atoms with Crippen LogP contribution in [0.5, 0.6) is 11.5 Å². The Balaban J connectivity index is 1.75. The summed E-state index contributed by atoms with van der Waals surface area (Å²) in [5.74, 6) is -0.252. The van der Waals surface area contributed by atoms with E-state index in [1.807, 2.05) is 0 Å². The van der Waals surface area contributed by atoms with Gasteiger partial charge in [0.2, 0.25) is 0 Å². The van der Waals surface area contributed by atoms with Gasteiger partial charge in [-0.25, -0.2) is 19.2 Å². The molecule has 10 heteroatoms. The summed E-state index contributed by atoms with van der Waals surface area (Å²) in [4.78, 5) is 48.2. The molecule has 0 unspecified atom stereocenters. The van der Waals surface area contributed by atoms with Crippen molar-refractivity contribution in [3.8, 4) is 11.5 Å². The average Bonchev–Trinajstić information content (AvgIpc) is 2.90. The highest BCUT2D eigenvalue weighted by Crippen LogP contribution is 2.44. The van der Waals surface area contributed by atoms with Crippen LogP contribution in [0.25, 0.3) is 10.8 Å². The van der Waals surface area contributed by atoms with Gasteiger partial charge in [-0.05, 0) is 39.5 Å². The van der Waals surface area contributed by atoms with Crippen molar-refractivity contribution < 1.29 is 38.1 Å². The van der Waals surface area contributed by atoms with Crippen molar-refractivity contribution in [1.82, 2.24) is 10.6 Å². The molecule has 0 saturated heterocycles. The molecule has 0 aromatic heterocycles. The van der Waals surface area contributed by atoms with E-state index in [0.717, 1.165) is 24.0 Å². The van der Waals surface area contributed by atoms with Crippen molar-refractivity contribution in [2.24, 2.45) is 0 Å². The second-order valence-corrected chi connectivity index (χ2v) is 8.83. The van der Waals surface area contributed by atoms with Gasteiger partial charge in [-0.2, -0.15) is 0 Å². The van der Waals surface area contributed by atoms with Crippen molar-refractivity contribution in [2.75, 3.05) is 26.3 Å². The van der Waals surface area contributed by atoms with Gasteiger partial charge in [0, 0.05) is 33.0 Å². The summed E-state index contributed by atoms with van der Waals surface area (Å²) in [6, 6.07) is 7.20. The lowest BCUT2D eigenvalue weighted by molar-refractivity contribution is -0.139. The van der Waals surface area contributed by atoms with Crippen LogP contribution < -0.4 is 20.1 Å². The third-order valence-electron chi connectivity index (χ3n) is 5.73. The summed E-state index contributed by atoms with van der Waals surface area (Å²) >= 11 is 0. The van der Waals surface area contributed by atoms with Crippen LogP contribution in [0.1, 0.15) is 37.8 Å². The molecular weight excluding hydrogens is 492 g/mol. The molecule has 2 N–H and O–H groups in total. The Morgan fingerprint density at radius 2 is 1.13 bits per heavy atom. The third kappa shape index (κ3) is 7.34. The summed E-state index contributed by atoms with van der Waals surface area (Å²) in [6.45, 7) is 10.2. The first-order chi connectivity index (χ1) is 18.2. The van der Waals surface area contributed by atoms with E-state index in [2.05, 4.69) is 23.8 Å². The van der Waals surface area contributed by atoms with Crippen LogP contribution in [0.4, 0.5) is 9.59 Å². The number of rotatable bonds is 10. The molecule has 38 heavy (non-hydrogen) atoms. The minimum atomic E-state index is -0.690. The number of carbonyl (C=O) groups excluding carboxylic acids is 4. The lowest BCUT2D eigenvalue weighted by atomic mass is 9.87. The van der Waals surface area contributed by atoms with E-state index in [1.54, 1.807) is 24.3 Å². The molecule has 202 valence electrons. The zero-order valence-electron chi connectivity index (χ0n) is 21.6. The van der Waals surface area contributed by atoms with E-state index >= 15 is 0 Å². The molecule has 0 radical (unpaired) electrons. The zero-order chi connectivity index (χ0) is 27.7. The SMILES string of the molecule is C=C(C)C(=O)OCCNC(=O)Oc1c2c(c(OC(=O)NCCOC(=O)C(=C)C)c3ccccc13)CCCC2. The minimum Gasteiger partial charge on any atom is -0.460 e. The minimum absolute atomic E-state index is 0.0199. The van der Waals surface area contributed by atoms with E-state index in [4.69, 9.17) is 18.9 Å². The monoisotopic (exact) mass is 524 g/mol. The molecule has 10 nitrogen and oxygen atoms in total. The van der Waals surface area contributed by atoms with Crippen molar-refractivity contribution in [3.05, 3.63) is 59.7 Å². The maximum Gasteiger partial charge on any atom is 0.412 e. The van der Waals surface area contributed by atoms with Crippen molar-refractivity contribution in [2.45, 2.75) is 39.5 Å². The molecule has 0 spiro atoms. The molecule has 1 aliphatic carbocycles. The van der Waals surface area contributed by atoms with Crippen molar-refractivity contribution >= 4 is 34.9 Å². The van der Waals surface area contributed by atoms with Crippen LogP contribution in [0.15, 0.2) is 48.6 Å². The van der Waals surface area contributed by atoms with Crippen LogP contribution in [-0.4, -0.2) is 50.4 Å². The standard InChI is InChI=1S/C28H32N2O8/c1-17(2)25(31)35-15-13-29-27(33)37-23-19-9-5-7-11-21(19)24(22-12-8-6-10-20(22)23)38-28(34)30-14-16-36-26(32)18(3)4/h5,7,9,11H,1,3,6,8,10,12-16H2,2,4H3,(H,29,33)(H,30,34). The molecule has 3 rings (SSSR count). The first-order valence-corrected chi connectivity index (χ1v) is 12.3. The summed E-state index contributed by atoms with van der Waals surface area (Å²) in [5, 5.41) is 6.41. The number of benzene rings is 2. The summed E-state index contributed by atoms with van der Waals surface area (Å²) in [5.41, 5.74) is 2.15. The van der Waals surface area contributed by atoms with E-state index in [1.165, 1.54) is 13.8 Å². The van der Waals surface area contributed by atoms with E-state index < -0.39 is 24.1 Å². The Kier molecular flexibility index (Phi) is 9.86. The van der Waals surface area contributed by atoms with Gasteiger partial charge in [0.25, 0.3) is 0 Å². The molecule has 0 atom stereocenters. The van der Waals surface area contributed by atoms with Crippen LogP contribution in [0, 0.1) is 0 Å². The van der Waals surface area contributed by atoms with Gasteiger partial charge in [-0.3, -0.25) is 0 Å². The Hall–Kier alpha value is -4.34. The normalized spacial score (nSPS) is 12.1. The number of carbonyl (C=O) groups is 4. The molecular formula is C28H32N2O8. The zero-order valence-corrected chi connectivity index (χ0v) is 21.6. The molecule has 0 aliphatic heterocycles. The number of ether oxygens (including phenoxy) is 4. The molecule has 1 aliphatic rings. The number of hydrogen-bond acceptors (Lipinski definition) is 8. The quantitative estimate of drug-likeness (QED) is 0.270. The Labute approximate surface area is 220 Å². The first-order valence-electron chi connectivity index (χ1n) is 12.3. The largest absolute Gasteiger partial charge is 0.460 e. The predicted octanol–water partition coefficient (Wildman–Crippen LogP) is 4.13. The van der Waals surface area contributed by atoms with Crippen LogP contribution >= 0.6 is 0 Å². The highest BCUT2D eigenvalue weighted by atomic mass is 16.6. The highest BCUT2D eigenvalue weighted by Gasteiger charge is 2.26. The van der Waals surface area contributed by atoms with E-state index in [9.17, 15) is 19.2 Å². The van der Waals surface area contributed by atoms with Gasteiger partial charge in [0.1, 0.15) is 24.7 Å². The van der Waals surface area contributed by atoms with Gasteiger partial charge in [-0.1, -0.05) is 37.4 Å². The Bertz CT molecular complexity index is 1170. The molecule has 2 aromatic carbocycles. The second kappa shape index (κ2) is 13.3. The molecule has 0 bridgehead atoms. The number of nitrogens with one attached hydrogen (secondary N) is 2. The molecule has 0 fully saturated rings. The van der Waals surface area contributed by atoms with Gasteiger partial charge < -0.3 is 29.6 Å². The van der Waals surface area contributed by atoms with Crippen LogP contribution in [0.2, 0.25) is 0 Å². The fraction of sp³-hybridized carbons (Fsp3) is 0.357. The Morgan fingerprint density at radius 3 is 1.50 bits per heavy atom. The molecule has 0 heterocycles. The second-order valence-electron chi connectivity index (χ2n) is 8.83. The lowest BCUT2D eigenvalue weighted by Crippen LogP contribution is -2.32. The third-order valence-corrected chi connectivity index (χ3v) is 5.73. The number of esters is 2. The smallest absolute Gasteiger partial charge is 0.412 e. The first kappa shape index (κ1) is 28.2. The van der Waals surface area contributed by atoms with Crippen molar-refractivity contribution in [3.63, 3.8) is 0 Å². The van der Waals surface area contributed by atoms with Crippen LogP contribution in [-0.2, 0) is 31.9 Å². The average molecular weight is 525 g/mol. The number of amides is 2. The Morgan fingerprint density at radius 1 is 0.737 bits per heavy atom. The van der Waals surface area contributed by atoms with Gasteiger partial charge in [0.15, 0.2) is 0 Å². The number of hydrogen-bond donors (Lipinski definition) is 2. The summed E-state index contributed by atoms with van der Waals surface area (Å²) in [6.07, 6.45) is 1.69. The summed E-state index contributed by atoms with van der Waals surface area (Å²) in [7, 11) is 0. The van der Waals surface area contributed by atoms with Gasteiger partial charge in [-0.15, -0.1) is 0 Å². The fourth-order valence-corrected chi connectivity index (χ4v) is 3.94. The highest BCUT2D eigenvalue weighted by molar-refractivity contribution is 5.98. The predicted molar refractivity (Wildman–Crippen MR) is 140 cm³/mol. The molecule has 2 aromatic rings. The number of fused-ring (bicyclic) bond motifs is 2. The maximum absolute atomic E-state index is 12.6. The molecule has 2 amide bonds. The lowest BCUT2D eigenvalue weighted by Gasteiger charge is -2.24. The van der Waals surface area contributed by atoms with E-state index in [-0.39, 0.29) is 37.4 Å². The molecule has 0 saturated carbocycles.